The molecule has 0 unspecified atom stereocenters. The molecule has 0 spiro atoms. The number of thiophene rings is 1. The van der Waals surface area contributed by atoms with E-state index >= 15 is 0 Å². The highest BCUT2D eigenvalue weighted by Gasteiger charge is 2.11. The molecule has 1 aromatic carbocycles. The summed E-state index contributed by atoms with van der Waals surface area (Å²) in [4.78, 5) is 3.46. The highest BCUT2D eigenvalue weighted by atomic mass is 32.1. The number of hydrogen-bond acceptors (Lipinski definition) is 3. The summed E-state index contributed by atoms with van der Waals surface area (Å²) >= 11 is 1.76. The summed E-state index contributed by atoms with van der Waals surface area (Å²) in [6.45, 7) is 1.34. The predicted octanol–water partition coefficient (Wildman–Crippen LogP) is 3.07. The molecule has 2 rings (SSSR count). The van der Waals surface area contributed by atoms with Crippen molar-refractivity contribution in [2.24, 2.45) is 5.73 Å². The van der Waals surface area contributed by atoms with E-state index in [0.29, 0.717) is 13.0 Å². The fourth-order valence-electron chi connectivity index (χ4n) is 2.15. The van der Waals surface area contributed by atoms with Gasteiger partial charge in [-0.1, -0.05) is 12.1 Å². The van der Waals surface area contributed by atoms with Crippen molar-refractivity contribution in [1.82, 2.24) is 0 Å². The van der Waals surface area contributed by atoms with Crippen LogP contribution in [0.25, 0.3) is 0 Å². The first kappa shape index (κ1) is 14.0. The van der Waals surface area contributed by atoms with E-state index in [2.05, 4.69) is 22.4 Å². The van der Waals surface area contributed by atoms with Crippen molar-refractivity contribution in [3.8, 4) is 0 Å². The molecule has 0 bridgehead atoms. The molecule has 0 aliphatic carbocycles. The van der Waals surface area contributed by atoms with Crippen LogP contribution >= 0.6 is 11.3 Å². The molecule has 19 heavy (non-hydrogen) atoms. The summed E-state index contributed by atoms with van der Waals surface area (Å²) in [5.41, 5.74) is 7.23. The van der Waals surface area contributed by atoms with Gasteiger partial charge in [0.05, 0.1) is 0 Å². The number of likely N-dealkylation sites (N-methyl/N-ethyl adjacent to an activating group) is 1. The molecule has 1 heterocycles. The van der Waals surface area contributed by atoms with Crippen molar-refractivity contribution < 1.29 is 4.39 Å². The van der Waals surface area contributed by atoms with Gasteiger partial charge in [-0.3, -0.25) is 0 Å². The molecule has 0 saturated heterocycles. The second-order valence-corrected chi connectivity index (χ2v) is 5.56. The third-order valence-electron chi connectivity index (χ3n) is 3.17. The number of nitrogens with two attached hydrogens (primary N) is 1. The van der Waals surface area contributed by atoms with Gasteiger partial charge in [-0.25, -0.2) is 4.39 Å². The Hall–Kier alpha value is -1.39. The van der Waals surface area contributed by atoms with Crippen LogP contribution in [0.5, 0.6) is 0 Å². The van der Waals surface area contributed by atoms with Gasteiger partial charge in [0.15, 0.2) is 0 Å². The van der Waals surface area contributed by atoms with Crippen LogP contribution in [0, 0.1) is 5.82 Å². The Kier molecular flexibility index (Phi) is 4.93. The smallest absolute Gasteiger partial charge is 0.128 e. The number of hydrogen-bond donors (Lipinski definition) is 1. The zero-order valence-electron chi connectivity index (χ0n) is 11.1. The van der Waals surface area contributed by atoms with Crippen LogP contribution < -0.4 is 10.6 Å². The lowest BCUT2D eigenvalue weighted by molar-refractivity contribution is 0.608. The Balaban J connectivity index is 2.09. The first-order valence-electron chi connectivity index (χ1n) is 6.43. The summed E-state index contributed by atoms with van der Waals surface area (Å²) < 4.78 is 13.8. The van der Waals surface area contributed by atoms with Gasteiger partial charge in [0.25, 0.3) is 0 Å². The summed E-state index contributed by atoms with van der Waals surface area (Å²) in [6.07, 6.45) is 1.55. The minimum Gasteiger partial charge on any atom is -0.374 e. The van der Waals surface area contributed by atoms with Gasteiger partial charge >= 0.3 is 0 Å². The van der Waals surface area contributed by atoms with Crippen molar-refractivity contribution >= 4 is 17.0 Å². The normalized spacial score (nSPS) is 10.7. The zero-order valence-corrected chi connectivity index (χ0v) is 11.9. The maximum Gasteiger partial charge on any atom is 0.128 e. The minimum absolute atomic E-state index is 0.161. The van der Waals surface area contributed by atoms with E-state index in [1.807, 2.05) is 13.1 Å². The van der Waals surface area contributed by atoms with Gasteiger partial charge in [0, 0.05) is 29.7 Å². The highest BCUT2D eigenvalue weighted by Crippen LogP contribution is 2.23. The first-order valence-corrected chi connectivity index (χ1v) is 7.31. The van der Waals surface area contributed by atoms with E-state index in [9.17, 15) is 4.39 Å². The summed E-state index contributed by atoms with van der Waals surface area (Å²) in [5.74, 6) is -0.161. The third-order valence-corrected chi connectivity index (χ3v) is 4.11. The number of nitrogens with zero attached hydrogens (tertiary/aromatic N) is 1. The van der Waals surface area contributed by atoms with E-state index in [1.54, 1.807) is 17.4 Å². The van der Waals surface area contributed by atoms with Crippen LogP contribution in [0.15, 0.2) is 35.7 Å². The molecule has 0 saturated carbocycles. The average Bonchev–Trinajstić information content (AvgIpc) is 2.92. The Morgan fingerprint density at radius 3 is 2.74 bits per heavy atom. The Labute approximate surface area is 117 Å². The molecule has 0 aliphatic rings. The Morgan fingerprint density at radius 1 is 1.21 bits per heavy atom. The van der Waals surface area contributed by atoms with Gasteiger partial charge < -0.3 is 10.6 Å². The second kappa shape index (κ2) is 6.68. The number of benzene rings is 1. The fourth-order valence-corrected chi connectivity index (χ4v) is 2.85. The molecule has 2 nitrogen and oxygen atoms in total. The number of halogens is 1. The maximum absolute atomic E-state index is 13.8. The van der Waals surface area contributed by atoms with Crippen LogP contribution in [0.1, 0.15) is 10.4 Å². The highest BCUT2D eigenvalue weighted by molar-refractivity contribution is 7.09. The van der Waals surface area contributed by atoms with E-state index in [-0.39, 0.29) is 5.82 Å². The quantitative estimate of drug-likeness (QED) is 0.880. The van der Waals surface area contributed by atoms with Gasteiger partial charge in [0.2, 0.25) is 0 Å². The predicted molar refractivity (Wildman–Crippen MR) is 80.5 cm³/mol. The number of rotatable bonds is 6. The van der Waals surface area contributed by atoms with E-state index in [4.69, 9.17) is 5.73 Å². The van der Waals surface area contributed by atoms with Gasteiger partial charge in [-0.2, -0.15) is 0 Å². The lowest BCUT2D eigenvalue weighted by Gasteiger charge is -2.22. The SMILES string of the molecule is CN(CCc1cccs1)c1cccc(F)c1CCN. The van der Waals surface area contributed by atoms with Crippen molar-refractivity contribution in [3.05, 3.63) is 52.0 Å². The van der Waals surface area contributed by atoms with Crippen LogP contribution in [0.2, 0.25) is 0 Å². The van der Waals surface area contributed by atoms with Crippen molar-refractivity contribution in [2.45, 2.75) is 12.8 Å². The molecule has 0 fully saturated rings. The topological polar surface area (TPSA) is 29.3 Å². The zero-order chi connectivity index (χ0) is 13.7. The third kappa shape index (κ3) is 3.55. The van der Waals surface area contributed by atoms with Crippen LogP contribution in [-0.2, 0) is 12.8 Å². The summed E-state index contributed by atoms with van der Waals surface area (Å²) in [6, 6.07) is 9.41. The van der Waals surface area contributed by atoms with E-state index in [1.165, 1.54) is 10.9 Å². The molecule has 0 amide bonds. The lowest BCUT2D eigenvalue weighted by Crippen LogP contribution is -2.22. The van der Waals surface area contributed by atoms with Gasteiger partial charge in [0.1, 0.15) is 5.82 Å². The van der Waals surface area contributed by atoms with Gasteiger partial charge in [-0.15, -0.1) is 11.3 Å². The molecule has 2 N–H and O–H groups in total. The van der Waals surface area contributed by atoms with Crippen molar-refractivity contribution in [2.75, 3.05) is 25.0 Å². The minimum atomic E-state index is -0.161. The fraction of sp³-hybridized carbons (Fsp3) is 0.333. The second-order valence-electron chi connectivity index (χ2n) is 4.53. The Morgan fingerprint density at radius 2 is 2.05 bits per heavy atom. The molecule has 0 aliphatic heterocycles. The van der Waals surface area contributed by atoms with Crippen molar-refractivity contribution in [1.29, 1.82) is 0 Å². The van der Waals surface area contributed by atoms with Crippen LogP contribution in [0.3, 0.4) is 0 Å². The standard InChI is InChI=1S/C15H19FN2S/c1-18(10-8-12-4-3-11-19-12)15-6-2-5-14(16)13(15)7-9-17/h2-6,11H,7-10,17H2,1H3. The number of anilines is 1. The maximum atomic E-state index is 13.8. The van der Waals surface area contributed by atoms with Gasteiger partial charge in [-0.05, 0) is 43.0 Å². The molecule has 0 atom stereocenters. The van der Waals surface area contributed by atoms with Crippen LogP contribution in [0.4, 0.5) is 10.1 Å². The molecule has 4 heteroatoms. The molecular formula is C15H19FN2S. The molecule has 1 aromatic heterocycles. The van der Waals surface area contributed by atoms with E-state index in [0.717, 1.165) is 24.2 Å². The lowest BCUT2D eigenvalue weighted by atomic mass is 10.1. The molecule has 2 aromatic rings. The monoisotopic (exact) mass is 278 g/mol. The molecule has 102 valence electrons. The summed E-state index contributed by atoms with van der Waals surface area (Å²) in [7, 11) is 2.00. The first-order chi connectivity index (χ1) is 9.22. The van der Waals surface area contributed by atoms with Crippen LogP contribution in [-0.4, -0.2) is 20.1 Å². The largest absolute Gasteiger partial charge is 0.374 e. The van der Waals surface area contributed by atoms with E-state index < -0.39 is 0 Å². The summed E-state index contributed by atoms with van der Waals surface area (Å²) in [5, 5.41) is 2.08. The average molecular weight is 278 g/mol. The molecular weight excluding hydrogens is 259 g/mol. The van der Waals surface area contributed by atoms with Crippen molar-refractivity contribution in [3.63, 3.8) is 0 Å². The Bertz CT molecular complexity index is 511. The molecule has 0 radical (unpaired) electrons.